The maximum atomic E-state index is 13.1. The molecular weight excluding hydrogens is 395 g/mol. The second kappa shape index (κ2) is 7.79. The lowest BCUT2D eigenvalue weighted by Crippen LogP contribution is -2.49. The summed E-state index contributed by atoms with van der Waals surface area (Å²) < 4.78 is 14.9. The Hall–Kier alpha value is -3.81. The number of carbonyl (C=O) groups excluding carboxylic acids is 1. The van der Waals surface area contributed by atoms with Crippen LogP contribution in [0.5, 0.6) is 0 Å². The first-order chi connectivity index (χ1) is 15.1. The van der Waals surface area contributed by atoms with Crippen LogP contribution in [0.15, 0.2) is 60.8 Å². The molecular formula is C23H21FN6O. The van der Waals surface area contributed by atoms with Gasteiger partial charge in [-0.2, -0.15) is 9.50 Å². The Morgan fingerprint density at radius 1 is 1.00 bits per heavy atom. The van der Waals surface area contributed by atoms with Gasteiger partial charge in [-0.1, -0.05) is 23.8 Å². The van der Waals surface area contributed by atoms with Crippen LogP contribution in [0, 0.1) is 12.7 Å². The van der Waals surface area contributed by atoms with E-state index in [-0.39, 0.29) is 11.7 Å². The van der Waals surface area contributed by atoms with E-state index >= 15 is 0 Å². The van der Waals surface area contributed by atoms with Gasteiger partial charge < -0.3 is 9.80 Å². The van der Waals surface area contributed by atoms with Crippen LogP contribution < -0.4 is 4.90 Å². The topological polar surface area (TPSA) is 66.6 Å². The number of amides is 1. The third-order valence-corrected chi connectivity index (χ3v) is 5.48. The average molecular weight is 416 g/mol. The highest BCUT2D eigenvalue weighted by atomic mass is 19.1. The number of benzene rings is 2. The zero-order chi connectivity index (χ0) is 21.4. The SMILES string of the molecule is Cc1cccc(-c2ccnc3nc(N4CCN(C(=O)c5ccc(F)cc5)CC4)nn23)c1. The van der Waals surface area contributed by atoms with Crippen molar-refractivity contribution in [2.45, 2.75) is 6.92 Å². The Morgan fingerprint density at radius 2 is 1.77 bits per heavy atom. The van der Waals surface area contributed by atoms with Crippen LogP contribution in [0.1, 0.15) is 15.9 Å². The minimum atomic E-state index is -0.349. The molecule has 4 aromatic rings. The Morgan fingerprint density at radius 3 is 2.52 bits per heavy atom. The Balaban J connectivity index is 1.35. The van der Waals surface area contributed by atoms with Gasteiger partial charge in [-0.25, -0.2) is 9.37 Å². The molecule has 1 amide bonds. The number of piperazine rings is 1. The van der Waals surface area contributed by atoms with Crippen molar-refractivity contribution in [1.82, 2.24) is 24.5 Å². The monoisotopic (exact) mass is 416 g/mol. The van der Waals surface area contributed by atoms with Crippen molar-refractivity contribution in [2.75, 3.05) is 31.1 Å². The molecule has 7 nitrogen and oxygen atoms in total. The number of carbonyl (C=O) groups is 1. The molecule has 3 heterocycles. The maximum Gasteiger partial charge on any atom is 0.254 e. The molecule has 2 aromatic heterocycles. The largest absolute Gasteiger partial charge is 0.336 e. The van der Waals surface area contributed by atoms with E-state index in [9.17, 15) is 9.18 Å². The summed E-state index contributed by atoms with van der Waals surface area (Å²) in [6.07, 6.45) is 1.74. The van der Waals surface area contributed by atoms with Crippen molar-refractivity contribution < 1.29 is 9.18 Å². The highest BCUT2D eigenvalue weighted by molar-refractivity contribution is 5.94. The number of aryl methyl sites for hydroxylation is 1. The molecule has 1 aliphatic rings. The zero-order valence-electron chi connectivity index (χ0n) is 17.1. The molecule has 0 unspecified atom stereocenters. The molecule has 156 valence electrons. The summed E-state index contributed by atoms with van der Waals surface area (Å²) in [5, 5.41) is 4.70. The lowest BCUT2D eigenvalue weighted by atomic mass is 10.1. The molecule has 0 spiro atoms. The fourth-order valence-electron chi connectivity index (χ4n) is 3.83. The van der Waals surface area contributed by atoms with Gasteiger partial charge in [0, 0.05) is 43.5 Å². The van der Waals surface area contributed by atoms with E-state index < -0.39 is 0 Å². The minimum absolute atomic E-state index is 0.0917. The summed E-state index contributed by atoms with van der Waals surface area (Å²) in [4.78, 5) is 25.5. The van der Waals surface area contributed by atoms with Crippen molar-refractivity contribution in [3.63, 3.8) is 0 Å². The number of anilines is 1. The summed E-state index contributed by atoms with van der Waals surface area (Å²) in [5.41, 5.74) is 3.65. The van der Waals surface area contributed by atoms with E-state index in [1.54, 1.807) is 15.6 Å². The van der Waals surface area contributed by atoms with Crippen LogP contribution in [0.2, 0.25) is 0 Å². The molecule has 0 N–H and O–H groups in total. The van der Waals surface area contributed by atoms with Crippen LogP contribution in [0.25, 0.3) is 17.0 Å². The molecule has 0 atom stereocenters. The van der Waals surface area contributed by atoms with Gasteiger partial charge in [-0.3, -0.25) is 4.79 Å². The highest BCUT2D eigenvalue weighted by Crippen LogP contribution is 2.22. The number of hydrogen-bond acceptors (Lipinski definition) is 5. The van der Waals surface area contributed by atoms with Crippen molar-refractivity contribution in [1.29, 1.82) is 0 Å². The van der Waals surface area contributed by atoms with E-state index in [0.29, 0.717) is 43.5 Å². The van der Waals surface area contributed by atoms with Crippen molar-refractivity contribution in [3.8, 4) is 11.3 Å². The molecule has 0 radical (unpaired) electrons. The molecule has 0 saturated carbocycles. The average Bonchev–Trinajstić information content (AvgIpc) is 3.24. The summed E-state index contributed by atoms with van der Waals surface area (Å²) in [5.74, 6) is 0.698. The Kier molecular flexibility index (Phi) is 4.82. The number of hydrogen-bond donors (Lipinski definition) is 0. The van der Waals surface area contributed by atoms with Crippen LogP contribution in [-0.2, 0) is 0 Å². The standard InChI is InChI=1S/C23H21FN6O/c1-16-3-2-4-18(15-16)20-9-10-25-22-26-23(27-30(20)22)29-13-11-28(12-14-29)21(31)17-5-7-19(24)8-6-17/h2-10,15H,11-14H2,1H3. The summed E-state index contributed by atoms with van der Waals surface area (Å²) in [6, 6.07) is 15.8. The van der Waals surface area contributed by atoms with Gasteiger partial charge in [-0.05, 0) is 43.3 Å². The molecule has 5 rings (SSSR count). The quantitative estimate of drug-likeness (QED) is 0.513. The van der Waals surface area contributed by atoms with Gasteiger partial charge in [0.05, 0.1) is 5.69 Å². The predicted octanol–water partition coefficient (Wildman–Crippen LogP) is 3.20. The third kappa shape index (κ3) is 3.72. The Bertz CT molecular complexity index is 1240. The van der Waals surface area contributed by atoms with E-state index in [4.69, 9.17) is 5.10 Å². The first-order valence-electron chi connectivity index (χ1n) is 10.2. The number of halogens is 1. The van der Waals surface area contributed by atoms with Gasteiger partial charge in [0.15, 0.2) is 0 Å². The molecule has 2 aromatic carbocycles. The van der Waals surface area contributed by atoms with E-state index in [0.717, 1.165) is 11.3 Å². The molecule has 1 fully saturated rings. The molecule has 1 saturated heterocycles. The molecule has 31 heavy (non-hydrogen) atoms. The van der Waals surface area contributed by atoms with Gasteiger partial charge in [0.2, 0.25) is 5.95 Å². The van der Waals surface area contributed by atoms with Crippen LogP contribution in [0.4, 0.5) is 10.3 Å². The summed E-state index contributed by atoms with van der Waals surface area (Å²) in [7, 11) is 0. The lowest BCUT2D eigenvalue weighted by Gasteiger charge is -2.34. The third-order valence-electron chi connectivity index (χ3n) is 5.48. The van der Waals surface area contributed by atoms with Gasteiger partial charge in [0.25, 0.3) is 11.7 Å². The minimum Gasteiger partial charge on any atom is -0.336 e. The number of aromatic nitrogens is 4. The first-order valence-corrected chi connectivity index (χ1v) is 10.2. The van der Waals surface area contributed by atoms with Crippen molar-refractivity contribution in [2.24, 2.45) is 0 Å². The maximum absolute atomic E-state index is 13.1. The summed E-state index contributed by atoms with van der Waals surface area (Å²) in [6.45, 7) is 4.38. The normalized spacial score (nSPS) is 14.3. The van der Waals surface area contributed by atoms with Crippen LogP contribution in [0.3, 0.4) is 0 Å². The second-order valence-electron chi connectivity index (χ2n) is 7.61. The van der Waals surface area contributed by atoms with Crippen molar-refractivity contribution >= 4 is 17.6 Å². The fourth-order valence-corrected chi connectivity index (χ4v) is 3.83. The smallest absolute Gasteiger partial charge is 0.254 e. The number of rotatable bonds is 3. The van der Waals surface area contributed by atoms with Crippen LogP contribution >= 0.6 is 0 Å². The van der Waals surface area contributed by atoms with E-state index in [2.05, 4.69) is 33.9 Å². The van der Waals surface area contributed by atoms with Crippen molar-refractivity contribution in [3.05, 3.63) is 77.7 Å². The zero-order valence-corrected chi connectivity index (χ0v) is 17.1. The fraction of sp³-hybridized carbons (Fsp3) is 0.217. The van der Waals surface area contributed by atoms with Gasteiger partial charge in [0.1, 0.15) is 5.82 Å². The summed E-state index contributed by atoms with van der Waals surface area (Å²) >= 11 is 0. The predicted molar refractivity (Wildman–Crippen MR) is 115 cm³/mol. The first kappa shape index (κ1) is 19.2. The Labute approximate surface area is 178 Å². The molecule has 8 heteroatoms. The molecule has 0 bridgehead atoms. The number of fused-ring (bicyclic) bond motifs is 1. The second-order valence-corrected chi connectivity index (χ2v) is 7.61. The highest BCUT2D eigenvalue weighted by Gasteiger charge is 2.25. The number of nitrogens with zero attached hydrogens (tertiary/aromatic N) is 6. The molecule has 1 aliphatic heterocycles. The van der Waals surface area contributed by atoms with E-state index in [1.165, 1.54) is 29.8 Å². The van der Waals surface area contributed by atoms with Gasteiger partial charge >= 0.3 is 0 Å². The lowest BCUT2D eigenvalue weighted by molar-refractivity contribution is 0.0746. The van der Waals surface area contributed by atoms with Crippen LogP contribution in [-0.4, -0.2) is 56.6 Å². The molecule has 0 aliphatic carbocycles. The van der Waals surface area contributed by atoms with E-state index in [1.807, 2.05) is 18.2 Å². The van der Waals surface area contributed by atoms with Gasteiger partial charge in [-0.15, -0.1) is 5.10 Å².